The Morgan fingerprint density at radius 1 is 1.19 bits per heavy atom. The van der Waals surface area contributed by atoms with Gasteiger partial charge in [-0.25, -0.2) is 13.8 Å². The van der Waals surface area contributed by atoms with Gasteiger partial charge in [-0.05, 0) is 19.1 Å². The van der Waals surface area contributed by atoms with Gasteiger partial charge in [0.2, 0.25) is 10.0 Å². The average Bonchev–Trinajstić information content (AvgIpc) is 2.54. The molecule has 0 aromatic heterocycles. The number of methoxy groups -OCH3 is 2. The molecule has 1 N–H and O–H groups in total. The van der Waals surface area contributed by atoms with Crippen LogP contribution in [0.4, 0.5) is 5.69 Å². The molecule has 8 nitrogen and oxygen atoms in total. The molecule has 0 spiro atoms. The van der Waals surface area contributed by atoms with E-state index in [9.17, 15) is 13.2 Å². The zero-order chi connectivity index (χ0) is 20.1. The molecule has 0 saturated carbocycles. The molecule has 1 aromatic rings. The van der Waals surface area contributed by atoms with E-state index in [1.54, 1.807) is 19.1 Å². The van der Waals surface area contributed by atoms with E-state index in [1.807, 2.05) is 20.8 Å². The van der Waals surface area contributed by atoms with E-state index in [-0.39, 0.29) is 11.1 Å². The zero-order valence-corrected chi connectivity index (χ0v) is 17.1. The van der Waals surface area contributed by atoms with Gasteiger partial charge in [-0.15, -0.1) is 0 Å². The quantitative estimate of drug-likeness (QED) is 0.572. The smallest absolute Gasteiger partial charge is 0.260 e. The molecule has 0 aliphatic heterocycles. The van der Waals surface area contributed by atoms with E-state index in [4.69, 9.17) is 9.47 Å². The predicted octanol–water partition coefficient (Wildman–Crippen LogP) is 2.01. The fourth-order valence-electron chi connectivity index (χ4n) is 1.86. The highest BCUT2D eigenvalue weighted by Crippen LogP contribution is 2.32. The first-order valence-corrected chi connectivity index (χ1v) is 9.78. The van der Waals surface area contributed by atoms with E-state index in [2.05, 4.69) is 10.5 Å². The Bertz CT molecular complexity index is 782. The molecule has 9 heteroatoms. The lowest BCUT2D eigenvalue weighted by atomic mass is 9.91. The minimum atomic E-state index is -3.70. The molecule has 1 amide bonds. The normalized spacial score (nSPS) is 12.5. The number of rotatable bonds is 7. The number of carbonyl (C=O) groups excluding carboxylic acids is 1. The third-order valence-corrected chi connectivity index (χ3v) is 4.92. The molecule has 0 fully saturated rings. The summed E-state index contributed by atoms with van der Waals surface area (Å²) in [5.74, 6) is 0.272. The zero-order valence-electron chi connectivity index (χ0n) is 16.3. The van der Waals surface area contributed by atoms with Gasteiger partial charge >= 0.3 is 0 Å². The number of benzene rings is 1. The monoisotopic (exact) mass is 385 g/mol. The van der Waals surface area contributed by atoms with Crippen molar-refractivity contribution in [2.45, 2.75) is 27.7 Å². The number of hydrogen-bond acceptors (Lipinski definition) is 6. The molecule has 1 aromatic carbocycles. The van der Waals surface area contributed by atoms with Gasteiger partial charge in [0, 0.05) is 17.2 Å². The first kappa shape index (κ1) is 21.8. The molecule has 0 radical (unpaired) electrons. The molecular weight excluding hydrogens is 358 g/mol. The highest BCUT2D eigenvalue weighted by Gasteiger charge is 2.22. The first-order chi connectivity index (χ1) is 11.9. The molecule has 1 rings (SSSR count). The summed E-state index contributed by atoms with van der Waals surface area (Å²) in [7, 11) is -0.768. The van der Waals surface area contributed by atoms with Crippen LogP contribution in [0, 0.1) is 5.41 Å². The van der Waals surface area contributed by atoms with Gasteiger partial charge in [0.25, 0.3) is 5.91 Å². The van der Waals surface area contributed by atoms with E-state index < -0.39 is 22.5 Å². The second-order valence-electron chi connectivity index (χ2n) is 6.79. The fourth-order valence-corrected chi connectivity index (χ4v) is 2.71. The van der Waals surface area contributed by atoms with Crippen molar-refractivity contribution in [3.8, 4) is 11.5 Å². The number of nitrogens with zero attached hydrogens (tertiary/aromatic N) is 2. The van der Waals surface area contributed by atoms with Gasteiger partial charge < -0.3 is 9.47 Å². The highest BCUT2D eigenvalue weighted by molar-refractivity contribution is 7.92. The number of ether oxygens (including phenoxy) is 2. The molecule has 26 heavy (non-hydrogen) atoms. The van der Waals surface area contributed by atoms with Crippen molar-refractivity contribution in [1.29, 1.82) is 0 Å². The molecule has 0 bridgehead atoms. The number of anilines is 1. The van der Waals surface area contributed by atoms with Crippen LogP contribution in [-0.2, 0) is 14.8 Å². The first-order valence-electron chi connectivity index (χ1n) is 7.93. The van der Waals surface area contributed by atoms with E-state index in [1.165, 1.54) is 20.3 Å². The van der Waals surface area contributed by atoms with E-state index >= 15 is 0 Å². The van der Waals surface area contributed by atoms with Crippen molar-refractivity contribution < 1.29 is 22.7 Å². The second-order valence-corrected chi connectivity index (χ2v) is 8.70. The molecule has 0 saturated heterocycles. The van der Waals surface area contributed by atoms with Crippen molar-refractivity contribution in [2.24, 2.45) is 10.5 Å². The number of nitrogens with one attached hydrogen (secondary N) is 1. The summed E-state index contributed by atoms with van der Waals surface area (Å²) in [6, 6.07) is 4.61. The Balaban J connectivity index is 3.09. The maximum Gasteiger partial charge on any atom is 0.260 e. The van der Waals surface area contributed by atoms with Gasteiger partial charge in [-0.3, -0.25) is 9.10 Å². The summed E-state index contributed by atoms with van der Waals surface area (Å²) >= 11 is 0. The van der Waals surface area contributed by atoms with Crippen LogP contribution >= 0.6 is 0 Å². The van der Waals surface area contributed by atoms with Crippen LogP contribution in [0.2, 0.25) is 0 Å². The largest absolute Gasteiger partial charge is 0.493 e. The number of carbonyl (C=O) groups is 1. The van der Waals surface area contributed by atoms with Crippen LogP contribution < -0.4 is 19.2 Å². The number of amides is 1. The second kappa shape index (κ2) is 8.39. The van der Waals surface area contributed by atoms with Crippen LogP contribution in [0.1, 0.15) is 27.7 Å². The highest BCUT2D eigenvalue weighted by atomic mass is 32.2. The van der Waals surface area contributed by atoms with Crippen molar-refractivity contribution >= 4 is 27.3 Å². The van der Waals surface area contributed by atoms with Crippen LogP contribution in [-0.4, -0.2) is 47.1 Å². The van der Waals surface area contributed by atoms with Crippen LogP contribution in [0.15, 0.2) is 23.3 Å². The van der Waals surface area contributed by atoms with Crippen molar-refractivity contribution in [3.05, 3.63) is 18.2 Å². The Hall–Kier alpha value is -2.29. The summed E-state index contributed by atoms with van der Waals surface area (Å²) in [6.45, 7) is 7.28. The lowest BCUT2D eigenvalue weighted by molar-refractivity contribution is -0.119. The van der Waals surface area contributed by atoms with Crippen LogP contribution in [0.3, 0.4) is 0 Å². The van der Waals surface area contributed by atoms with Crippen LogP contribution in [0.5, 0.6) is 11.5 Å². The summed E-state index contributed by atoms with van der Waals surface area (Å²) in [4.78, 5) is 12.2. The fraction of sp³-hybridized carbons (Fsp3) is 0.529. The molecule has 146 valence electrons. The van der Waals surface area contributed by atoms with Crippen molar-refractivity contribution in [3.63, 3.8) is 0 Å². The standard InChI is InChI=1S/C17H27N3O5S/c1-12(17(2,3)4)18-19-16(21)11-20(26(7,22)23)13-8-9-14(24-5)15(10-13)25-6/h8-10H,11H2,1-7H3,(H,19,21)/b18-12-. The van der Waals surface area contributed by atoms with Crippen molar-refractivity contribution in [2.75, 3.05) is 31.3 Å². The molecule has 0 aliphatic carbocycles. The minimum absolute atomic E-state index is 0.201. The summed E-state index contributed by atoms with van der Waals surface area (Å²) in [5, 5.41) is 4.04. The Morgan fingerprint density at radius 3 is 2.23 bits per heavy atom. The molecular formula is C17H27N3O5S. The third kappa shape index (κ3) is 5.91. The lowest BCUT2D eigenvalue weighted by Crippen LogP contribution is -2.39. The maximum atomic E-state index is 12.2. The number of sulfonamides is 1. The van der Waals surface area contributed by atoms with E-state index in [0.29, 0.717) is 11.5 Å². The summed E-state index contributed by atoms with van der Waals surface area (Å²) < 4.78 is 35.6. The summed E-state index contributed by atoms with van der Waals surface area (Å²) in [5.41, 5.74) is 3.21. The van der Waals surface area contributed by atoms with Gasteiger partial charge in [0.05, 0.1) is 26.2 Å². The topological polar surface area (TPSA) is 97.3 Å². The Kier molecular flexibility index (Phi) is 7.02. The SMILES string of the molecule is COc1ccc(N(CC(=O)N/N=C(/C)C(C)(C)C)S(C)(=O)=O)cc1OC. The van der Waals surface area contributed by atoms with Gasteiger partial charge in [-0.1, -0.05) is 20.8 Å². The molecule has 0 heterocycles. The van der Waals surface area contributed by atoms with E-state index in [0.717, 1.165) is 16.3 Å². The van der Waals surface area contributed by atoms with Crippen molar-refractivity contribution in [1.82, 2.24) is 5.43 Å². The average molecular weight is 385 g/mol. The van der Waals surface area contributed by atoms with Gasteiger partial charge in [0.1, 0.15) is 6.54 Å². The number of hydrogen-bond donors (Lipinski definition) is 1. The predicted molar refractivity (Wildman–Crippen MR) is 102 cm³/mol. The van der Waals surface area contributed by atoms with Gasteiger partial charge in [0.15, 0.2) is 11.5 Å². The Morgan fingerprint density at radius 2 is 1.77 bits per heavy atom. The third-order valence-electron chi connectivity index (χ3n) is 3.78. The Labute approximate surface area is 155 Å². The molecule has 0 aliphatic rings. The summed E-state index contributed by atoms with van der Waals surface area (Å²) in [6.07, 6.45) is 1.03. The van der Waals surface area contributed by atoms with Crippen LogP contribution in [0.25, 0.3) is 0 Å². The van der Waals surface area contributed by atoms with Gasteiger partial charge in [-0.2, -0.15) is 5.10 Å². The molecule has 0 unspecified atom stereocenters. The minimum Gasteiger partial charge on any atom is -0.493 e. The lowest BCUT2D eigenvalue weighted by Gasteiger charge is -2.23. The maximum absolute atomic E-state index is 12.2. The number of hydrazone groups is 1. The molecule has 0 atom stereocenters.